The molecule has 0 spiro atoms. The van der Waals surface area contributed by atoms with Crippen LogP contribution >= 0.6 is 34.8 Å². The summed E-state index contributed by atoms with van der Waals surface area (Å²) in [7, 11) is 0. The van der Waals surface area contributed by atoms with Crippen LogP contribution < -0.4 is 0 Å². The molecule has 5 heteroatoms. The topological polar surface area (TPSA) is 37.3 Å². The average Bonchev–Trinajstić information content (AvgIpc) is 2.10. The molecular weight excluding hydrogens is 234 g/mol. The lowest BCUT2D eigenvalue weighted by molar-refractivity contribution is 0.102. The lowest BCUT2D eigenvalue weighted by Gasteiger charge is -2.03. The van der Waals surface area contributed by atoms with Gasteiger partial charge < -0.3 is 5.11 Å². The largest absolute Gasteiger partial charge is 0.506 e. The molecule has 0 unspecified atom stereocenters. The normalized spacial score (nSPS) is 10.1. The van der Waals surface area contributed by atoms with Gasteiger partial charge in [0, 0.05) is 11.6 Å². The Hall–Kier alpha value is -0.440. The first kappa shape index (κ1) is 10.6. The number of rotatable bonds is 2. The number of hydrogen-bond acceptors (Lipinski definition) is 2. The van der Waals surface area contributed by atoms with Crippen molar-refractivity contribution >= 4 is 40.6 Å². The van der Waals surface area contributed by atoms with Gasteiger partial charge in [0.15, 0.2) is 5.78 Å². The minimum absolute atomic E-state index is 0.0814. The molecule has 0 fully saturated rings. The molecule has 1 aromatic rings. The fourth-order valence-electron chi connectivity index (χ4n) is 0.822. The summed E-state index contributed by atoms with van der Waals surface area (Å²) in [6.45, 7) is 0. The van der Waals surface area contributed by atoms with Crippen LogP contribution in [0.4, 0.5) is 0 Å². The molecule has 2 nitrogen and oxygen atoms in total. The third-order valence-electron chi connectivity index (χ3n) is 1.46. The van der Waals surface area contributed by atoms with Crippen LogP contribution in [0.1, 0.15) is 10.4 Å². The molecule has 1 N–H and O–H groups in total. The maximum Gasteiger partial charge on any atom is 0.179 e. The summed E-state index contributed by atoms with van der Waals surface area (Å²) < 4.78 is 0. The summed E-state index contributed by atoms with van der Waals surface area (Å²) in [5, 5.41) is 9.35. The number of hydrogen-bond donors (Lipinski definition) is 1. The first-order valence-electron chi connectivity index (χ1n) is 3.33. The van der Waals surface area contributed by atoms with E-state index in [0.717, 1.165) is 0 Å². The molecule has 0 atom stereocenters. The van der Waals surface area contributed by atoms with Crippen molar-refractivity contribution in [2.24, 2.45) is 0 Å². The van der Waals surface area contributed by atoms with E-state index in [-0.39, 0.29) is 33.0 Å². The van der Waals surface area contributed by atoms with Gasteiger partial charge in [-0.1, -0.05) is 23.2 Å². The minimum Gasteiger partial charge on any atom is -0.506 e. The monoisotopic (exact) mass is 238 g/mol. The van der Waals surface area contributed by atoms with E-state index in [9.17, 15) is 4.79 Å². The smallest absolute Gasteiger partial charge is 0.179 e. The number of Topliss-reactive ketones (excluding diaryl/α,β-unsaturated/α-hetero) is 1. The Morgan fingerprint density at radius 3 is 2.46 bits per heavy atom. The van der Waals surface area contributed by atoms with Gasteiger partial charge in [-0.3, -0.25) is 4.79 Å². The van der Waals surface area contributed by atoms with Gasteiger partial charge in [-0.2, -0.15) is 0 Å². The summed E-state index contributed by atoms with van der Waals surface area (Å²) in [5.41, 5.74) is 0.222. The Labute approximate surface area is 90.0 Å². The van der Waals surface area contributed by atoms with E-state index in [4.69, 9.17) is 39.9 Å². The number of halogens is 3. The first-order valence-corrected chi connectivity index (χ1v) is 4.62. The van der Waals surface area contributed by atoms with Gasteiger partial charge in [0.2, 0.25) is 0 Å². The van der Waals surface area contributed by atoms with Gasteiger partial charge in [-0.15, -0.1) is 11.6 Å². The quantitative estimate of drug-likeness (QED) is 0.636. The summed E-state index contributed by atoms with van der Waals surface area (Å²) in [5.74, 6) is -0.646. The summed E-state index contributed by atoms with van der Waals surface area (Å²) in [4.78, 5) is 11.1. The molecule has 0 aliphatic carbocycles. The number of ketones is 1. The number of phenols is 1. The highest BCUT2D eigenvalue weighted by molar-refractivity contribution is 6.39. The Kier molecular flexibility index (Phi) is 3.42. The van der Waals surface area contributed by atoms with Crippen molar-refractivity contribution in [1.82, 2.24) is 0 Å². The molecule has 70 valence electrons. The van der Waals surface area contributed by atoms with Gasteiger partial charge in [0.05, 0.1) is 15.9 Å². The van der Waals surface area contributed by atoms with Crippen LogP contribution in [0.3, 0.4) is 0 Å². The summed E-state index contributed by atoms with van der Waals surface area (Å²) in [6.07, 6.45) is 0. The Bertz CT molecular complexity index is 349. The zero-order valence-electron chi connectivity index (χ0n) is 6.35. The summed E-state index contributed by atoms with van der Waals surface area (Å²) in [6, 6.07) is 2.51. The maximum absolute atomic E-state index is 11.1. The Balaban J connectivity index is 3.23. The SMILES string of the molecule is O=C(CCl)c1cc(Cl)c(O)cc1Cl. The van der Waals surface area contributed by atoms with Crippen molar-refractivity contribution in [2.75, 3.05) is 5.88 Å². The molecule has 0 amide bonds. The molecule has 0 aromatic heterocycles. The van der Waals surface area contributed by atoms with Crippen molar-refractivity contribution in [3.8, 4) is 5.75 Å². The lowest BCUT2D eigenvalue weighted by Crippen LogP contribution is -2.00. The Morgan fingerprint density at radius 2 is 1.92 bits per heavy atom. The Morgan fingerprint density at radius 1 is 1.31 bits per heavy atom. The first-order chi connectivity index (χ1) is 6.06. The van der Waals surface area contributed by atoms with E-state index >= 15 is 0 Å². The van der Waals surface area contributed by atoms with Gasteiger partial charge in [-0.05, 0) is 6.07 Å². The average molecular weight is 239 g/mol. The maximum atomic E-state index is 11.1. The van der Waals surface area contributed by atoms with Gasteiger partial charge >= 0.3 is 0 Å². The van der Waals surface area contributed by atoms with E-state index in [1.165, 1.54) is 12.1 Å². The third-order valence-corrected chi connectivity index (χ3v) is 2.32. The van der Waals surface area contributed by atoms with Gasteiger partial charge in [0.25, 0.3) is 0 Å². The van der Waals surface area contributed by atoms with E-state index in [2.05, 4.69) is 0 Å². The van der Waals surface area contributed by atoms with Crippen LogP contribution in [-0.2, 0) is 0 Å². The van der Waals surface area contributed by atoms with Crippen molar-refractivity contribution in [1.29, 1.82) is 0 Å². The van der Waals surface area contributed by atoms with Crippen molar-refractivity contribution < 1.29 is 9.90 Å². The zero-order valence-corrected chi connectivity index (χ0v) is 8.62. The van der Waals surface area contributed by atoms with Crippen molar-refractivity contribution in [2.45, 2.75) is 0 Å². The number of phenolic OH excluding ortho intramolecular Hbond substituents is 1. The highest BCUT2D eigenvalue weighted by Crippen LogP contribution is 2.30. The van der Waals surface area contributed by atoms with E-state index < -0.39 is 0 Å². The predicted octanol–water partition coefficient (Wildman–Crippen LogP) is 3.12. The minimum atomic E-state index is -0.325. The highest BCUT2D eigenvalue weighted by atomic mass is 35.5. The highest BCUT2D eigenvalue weighted by Gasteiger charge is 2.12. The molecule has 1 aromatic carbocycles. The molecule has 13 heavy (non-hydrogen) atoms. The lowest BCUT2D eigenvalue weighted by atomic mass is 10.1. The third kappa shape index (κ3) is 2.27. The molecule has 0 aliphatic rings. The molecular formula is C8H5Cl3O2. The van der Waals surface area contributed by atoms with Gasteiger partial charge in [0.1, 0.15) is 5.75 Å². The molecule has 0 radical (unpaired) electrons. The predicted molar refractivity (Wildman–Crippen MR) is 53.2 cm³/mol. The number of aromatic hydroxyl groups is 1. The van der Waals surface area contributed by atoms with Crippen LogP contribution in [0, 0.1) is 0 Å². The van der Waals surface area contributed by atoms with E-state index in [1.54, 1.807) is 0 Å². The number of carbonyl (C=O) groups is 1. The zero-order chi connectivity index (χ0) is 10.0. The van der Waals surface area contributed by atoms with Crippen molar-refractivity contribution in [3.05, 3.63) is 27.7 Å². The second-order valence-electron chi connectivity index (χ2n) is 2.34. The number of benzene rings is 1. The van der Waals surface area contributed by atoms with Gasteiger partial charge in [-0.25, -0.2) is 0 Å². The molecule has 0 bridgehead atoms. The fourth-order valence-corrected chi connectivity index (χ4v) is 1.39. The second kappa shape index (κ2) is 4.18. The van der Waals surface area contributed by atoms with Crippen LogP contribution in [0.25, 0.3) is 0 Å². The number of alkyl halides is 1. The van der Waals surface area contributed by atoms with E-state index in [0.29, 0.717) is 0 Å². The summed E-state index contributed by atoms with van der Waals surface area (Å²) >= 11 is 16.6. The van der Waals surface area contributed by atoms with Crippen LogP contribution in [0.2, 0.25) is 10.0 Å². The van der Waals surface area contributed by atoms with E-state index in [1.807, 2.05) is 0 Å². The van der Waals surface area contributed by atoms with Crippen molar-refractivity contribution in [3.63, 3.8) is 0 Å². The fraction of sp³-hybridized carbons (Fsp3) is 0.125. The second-order valence-corrected chi connectivity index (χ2v) is 3.42. The number of carbonyl (C=O) groups excluding carboxylic acids is 1. The molecule has 0 saturated carbocycles. The molecule has 0 aliphatic heterocycles. The molecule has 0 heterocycles. The van der Waals surface area contributed by atoms with Crippen LogP contribution in [-0.4, -0.2) is 16.8 Å². The van der Waals surface area contributed by atoms with Crippen LogP contribution in [0.5, 0.6) is 5.75 Å². The standard InChI is InChI=1S/C8H5Cl3O2/c9-3-8(13)4-1-6(11)7(12)2-5(4)10/h1-2,12H,3H2. The molecule has 0 saturated heterocycles. The molecule has 1 rings (SSSR count). The van der Waals surface area contributed by atoms with Crippen LogP contribution in [0.15, 0.2) is 12.1 Å².